The van der Waals surface area contributed by atoms with Crippen LogP contribution in [0.25, 0.3) is 5.76 Å². The highest BCUT2D eigenvalue weighted by Gasteiger charge is 2.46. The van der Waals surface area contributed by atoms with Crippen molar-refractivity contribution in [3.8, 4) is 11.5 Å². The number of likely N-dealkylation sites (tertiary alicyclic amines) is 1. The molecule has 0 saturated carbocycles. The normalized spacial score (nSPS) is 17.7. The van der Waals surface area contributed by atoms with E-state index in [9.17, 15) is 14.7 Å². The number of halogens is 2. The Morgan fingerprint density at radius 1 is 1.12 bits per heavy atom. The lowest BCUT2D eigenvalue weighted by atomic mass is 9.94. The largest absolute Gasteiger partial charge is 0.507 e. The van der Waals surface area contributed by atoms with Gasteiger partial charge in [-0.15, -0.1) is 0 Å². The Morgan fingerprint density at radius 2 is 1.88 bits per heavy atom. The van der Waals surface area contributed by atoms with Crippen LogP contribution in [-0.2, 0) is 9.59 Å². The van der Waals surface area contributed by atoms with E-state index in [1.807, 2.05) is 19.9 Å². The predicted octanol–water partition coefficient (Wildman–Crippen LogP) is 5.62. The van der Waals surface area contributed by atoms with Crippen molar-refractivity contribution in [1.29, 1.82) is 0 Å². The van der Waals surface area contributed by atoms with Crippen molar-refractivity contribution in [2.24, 2.45) is 0 Å². The molecule has 1 atom stereocenters. The van der Waals surface area contributed by atoms with Crippen LogP contribution < -0.4 is 9.47 Å². The van der Waals surface area contributed by atoms with Gasteiger partial charge in [-0.3, -0.25) is 9.59 Å². The molecule has 2 aromatic rings. The molecule has 6 nitrogen and oxygen atoms in total. The van der Waals surface area contributed by atoms with Crippen LogP contribution >= 0.6 is 23.2 Å². The fourth-order valence-electron chi connectivity index (χ4n) is 3.78. The van der Waals surface area contributed by atoms with Crippen LogP contribution in [-0.4, -0.2) is 42.0 Å². The molecule has 0 aliphatic carbocycles. The number of benzene rings is 2. The monoisotopic (exact) mass is 477 g/mol. The Hall–Kier alpha value is -2.70. The first-order valence-electron chi connectivity index (χ1n) is 10.4. The highest BCUT2D eigenvalue weighted by Crippen LogP contribution is 2.43. The van der Waals surface area contributed by atoms with Gasteiger partial charge >= 0.3 is 0 Å². The Morgan fingerprint density at radius 3 is 2.53 bits per heavy atom. The minimum atomic E-state index is -0.789. The predicted molar refractivity (Wildman–Crippen MR) is 125 cm³/mol. The van der Waals surface area contributed by atoms with Gasteiger partial charge in [-0.1, -0.05) is 49.2 Å². The number of carbonyl (C=O) groups excluding carboxylic acids is 2. The molecule has 8 heteroatoms. The number of ether oxygens (including phenoxy) is 2. The Bertz CT molecular complexity index is 1070. The van der Waals surface area contributed by atoms with Crippen LogP contribution in [0.5, 0.6) is 11.5 Å². The minimum Gasteiger partial charge on any atom is -0.507 e. The molecule has 0 spiro atoms. The summed E-state index contributed by atoms with van der Waals surface area (Å²) in [4.78, 5) is 27.4. The number of carbonyl (C=O) groups is 2. The van der Waals surface area contributed by atoms with Crippen LogP contribution in [0.2, 0.25) is 10.0 Å². The van der Waals surface area contributed by atoms with Crippen LogP contribution in [0.1, 0.15) is 43.9 Å². The molecule has 0 bridgehead atoms. The molecule has 32 heavy (non-hydrogen) atoms. The number of aliphatic hydroxyl groups excluding tert-OH is 1. The minimum absolute atomic E-state index is 0.0484. The molecule has 170 valence electrons. The van der Waals surface area contributed by atoms with E-state index in [4.69, 9.17) is 32.7 Å². The summed E-state index contributed by atoms with van der Waals surface area (Å²) in [6, 6.07) is 9.32. The summed E-state index contributed by atoms with van der Waals surface area (Å²) in [5.74, 6) is -1.07. The van der Waals surface area contributed by atoms with E-state index in [0.717, 1.165) is 6.42 Å². The van der Waals surface area contributed by atoms with Gasteiger partial charge in [0.25, 0.3) is 11.7 Å². The molecule has 1 heterocycles. The number of Topliss-reactive ketones (excluding diaryl/α,β-unsaturated/α-hetero) is 1. The lowest BCUT2D eigenvalue weighted by Gasteiger charge is -2.25. The molecule has 1 aliphatic rings. The maximum atomic E-state index is 13.1. The summed E-state index contributed by atoms with van der Waals surface area (Å²) < 4.78 is 11.1. The third-order valence-corrected chi connectivity index (χ3v) is 5.62. The second-order valence-corrected chi connectivity index (χ2v) is 8.23. The van der Waals surface area contributed by atoms with Crippen molar-refractivity contribution in [3.05, 3.63) is 63.1 Å². The van der Waals surface area contributed by atoms with E-state index in [0.29, 0.717) is 30.9 Å². The lowest BCUT2D eigenvalue weighted by molar-refractivity contribution is -0.139. The number of hydrogen-bond donors (Lipinski definition) is 1. The maximum Gasteiger partial charge on any atom is 0.295 e. The smallest absolute Gasteiger partial charge is 0.295 e. The molecule has 3 rings (SSSR count). The molecule has 2 aromatic carbocycles. The molecule has 1 N–H and O–H groups in total. The zero-order valence-electron chi connectivity index (χ0n) is 18.2. The fourth-order valence-corrected chi connectivity index (χ4v) is 4.35. The van der Waals surface area contributed by atoms with Gasteiger partial charge in [-0.2, -0.15) is 0 Å². The highest BCUT2D eigenvalue weighted by atomic mass is 35.5. The summed E-state index contributed by atoms with van der Waals surface area (Å²) in [7, 11) is 1.40. The average molecular weight is 478 g/mol. The Balaban J connectivity index is 2.23. The van der Waals surface area contributed by atoms with Crippen molar-refractivity contribution in [2.75, 3.05) is 20.3 Å². The molecule has 1 amide bonds. The number of amides is 1. The van der Waals surface area contributed by atoms with Crippen molar-refractivity contribution in [1.82, 2.24) is 4.90 Å². The van der Waals surface area contributed by atoms with E-state index < -0.39 is 23.5 Å². The second-order valence-electron chi connectivity index (χ2n) is 7.38. The molecule has 0 aromatic heterocycles. The van der Waals surface area contributed by atoms with Crippen LogP contribution in [0, 0.1) is 0 Å². The summed E-state index contributed by atoms with van der Waals surface area (Å²) in [6.07, 6.45) is 1.48. The summed E-state index contributed by atoms with van der Waals surface area (Å²) in [5, 5.41) is 11.7. The van der Waals surface area contributed by atoms with Gasteiger partial charge in [0.1, 0.15) is 17.3 Å². The third-order valence-electron chi connectivity index (χ3n) is 5.12. The zero-order chi connectivity index (χ0) is 23.4. The van der Waals surface area contributed by atoms with E-state index in [1.54, 1.807) is 18.2 Å². The van der Waals surface area contributed by atoms with Crippen molar-refractivity contribution < 1.29 is 24.2 Å². The number of nitrogens with zero attached hydrogens (tertiary/aromatic N) is 1. The first-order valence-corrected chi connectivity index (χ1v) is 11.1. The average Bonchev–Trinajstić information content (AvgIpc) is 3.02. The lowest BCUT2D eigenvalue weighted by Crippen LogP contribution is -2.30. The Kier molecular flexibility index (Phi) is 7.69. The van der Waals surface area contributed by atoms with Gasteiger partial charge in [-0.05, 0) is 42.7 Å². The standard InChI is InChI=1S/C24H25Cl2NO5/c1-4-9-27-20(14-7-6-8-16(11-14)32-10-5-2)19(22(29)24(27)30)21(28)17-12-15(25)13-18(26)23(17)31-3/h6-8,11-13,20,28H,4-5,9-10H2,1-3H3/b21-19+. The molecule has 1 aliphatic heterocycles. The number of rotatable bonds is 8. The first kappa shape index (κ1) is 24.0. The van der Waals surface area contributed by atoms with E-state index in [2.05, 4.69) is 0 Å². The van der Waals surface area contributed by atoms with Gasteiger partial charge in [0.05, 0.1) is 35.9 Å². The summed E-state index contributed by atoms with van der Waals surface area (Å²) in [5.41, 5.74) is 0.746. The molecule has 0 radical (unpaired) electrons. The van der Waals surface area contributed by atoms with Crippen LogP contribution in [0.4, 0.5) is 0 Å². The zero-order valence-corrected chi connectivity index (χ0v) is 19.7. The number of hydrogen-bond acceptors (Lipinski definition) is 5. The summed E-state index contributed by atoms with van der Waals surface area (Å²) in [6.45, 7) is 4.80. The van der Waals surface area contributed by atoms with E-state index in [1.165, 1.54) is 24.1 Å². The van der Waals surface area contributed by atoms with E-state index >= 15 is 0 Å². The van der Waals surface area contributed by atoms with Crippen molar-refractivity contribution in [2.45, 2.75) is 32.7 Å². The highest BCUT2D eigenvalue weighted by molar-refractivity contribution is 6.46. The molecular formula is C24H25Cl2NO5. The number of aliphatic hydroxyl groups is 1. The van der Waals surface area contributed by atoms with E-state index in [-0.39, 0.29) is 26.9 Å². The number of methoxy groups -OCH3 is 1. The van der Waals surface area contributed by atoms with Gasteiger partial charge in [0.2, 0.25) is 0 Å². The summed E-state index contributed by atoms with van der Waals surface area (Å²) >= 11 is 12.4. The number of ketones is 1. The molecule has 1 fully saturated rings. The van der Waals surface area contributed by atoms with Gasteiger partial charge < -0.3 is 19.5 Å². The maximum absolute atomic E-state index is 13.1. The first-order chi connectivity index (χ1) is 15.3. The molecule has 1 saturated heterocycles. The fraction of sp³-hybridized carbons (Fsp3) is 0.333. The van der Waals surface area contributed by atoms with Crippen molar-refractivity contribution in [3.63, 3.8) is 0 Å². The van der Waals surface area contributed by atoms with Crippen molar-refractivity contribution >= 4 is 40.7 Å². The molecule has 1 unspecified atom stereocenters. The molecular weight excluding hydrogens is 453 g/mol. The topological polar surface area (TPSA) is 76.1 Å². The van der Waals surface area contributed by atoms with Gasteiger partial charge in [-0.25, -0.2) is 0 Å². The second kappa shape index (κ2) is 10.3. The SMILES string of the molecule is CCCOc1cccc(C2/C(=C(\O)c3cc(Cl)cc(Cl)c3OC)C(=O)C(=O)N2CCC)c1. The third kappa shape index (κ3) is 4.57. The quantitative estimate of drug-likeness (QED) is 0.303. The van der Waals surface area contributed by atoms with Crippen LogP contribution in [0.3, 0.4) is 0 Å². The van der Waals surface area contributed by atoms with Crippen LogP contribution in [0.15, 0.2) is 42.0 Å². The van der Waals surface area contributed by atoms with Gasteiger partial charge in [0.15, 0.2) is 0 Å². The van der Waals surface area contributed by atoms with Gasteiger partial charge in [0, 0.05) is 11.6 Å². The Labute approximate surface area is 197 Å².